The van der Waals surface area contributed by atoms with Crippen LogP contribution in [-0.2, 0) is 0 Å². The fraction of sp³-hybridized carbons (Fsp3) is 0.222. The van der Waals surface area contributed by atoms with E-state index >= 15 is 0 Å². The van der Waals surface area contributed by atoms with Gasteiger partial charge in [-0.1, -0.05) is 12.1 Å². The smallest absolute Gasteiger partial charge is 0.148 e. The fourth-order valence-corrected chi connectivity index (χ4v) is 1.97. The third-order valence-electron chi connectivity index (χ3n) is 1.38. The molecule has 1 aromatic heterocycles. The number of fused-ring (bicyclic) bond motifs is 1. The third-order valence-corrected chi connectivity index (χ3v) is 2.80. The second-order valence-electron chi connectivity index (χ2n) is 2.41. The lowest BCUT2D eigenvalue weighted by atomic mass is 10.3. The van der Waals surface area contributed by atoms with Crippen LogP contribution >= 0.6 is 36.6 Å². The van der Waals surface area contributed by atoms with Crippen molar-refractivity contribution in [2.75, 3.05) is 12.4 Å². The van der Waals surface area contributed by atoms with Crippen LogP contribution in [0.15, 0.2) is 28.6 Å². The molecule has 0 amide bonds. The Hall–Kier alpha value is -0.230. The topological polar surface area (TPSA) is 33.1 Å². The summed E-state index contributed by atoms with van der Waals surface area (Å²) in [7, 11) is 0. The van der Waals surface area contributed by atoms with Crippen LogP contribution in [0.2, 0.25) is 0 Å². The number of thiol groups is 2. The van der Waals surface area contributed by atoms with E-state index in [-0.39, 0.29) is 6.61 Å². The molecule has 1 aromatic carbocycles. The molecule has 0 aliphatic carbocycles. The molecule has 0 bridgehead atoms. The summed E-state index contributed by atoms with van der Waals surface area (Å²) in [5.74, 6) is 0.569. The van der Waals surface area contributed by atoms with Gasteiger partial charge in [0.1, 0.15) is 4.34 Å². The van der Waals surface area contributed by atoms with Gasteiger partial charge in [-0.3, -0.25) is 0 Å². The van der Waals surface area contributed by atoms with Crippen LogP contribution in [0.1, 0.15) is 0 Å². The molecule has 0 saturated heterocycles. The van der Waals surface area contributed by atoms with Gasteiger partial charge in [0.15, 0.2) is 0 Å². The lowest BCUT2D eigenvalue weighted by Crippen LogP contribution is -1.76. The molecule has 76 valence electrons. The highest BCUT2D eigenvalue weighted by atomic mass is 32.2. The Morgan fingerprint density at radius 3 is 2.57 bits per heavy atom. The van der Waals surface area contributed by atoms with Crippen LogP contribution in [0, 0.1) is 0 Å². The maximum Gasteiger partial charge on any atom is 0.148 e. The fourth-order valence-electron chi connectivity index (χ4n) is 0.860. The number of para-hydroxylation sites is 1. The van der Waals surface area contributed by atoms with Crippen molar-refractivity contribution in [2.45, 2.75) is 4.34 Å². The predicted molar refractivity (Wildman–Crippen MR) is 67.8 cm³/mol. The minimum Gasteiger partial charge on any atom is -0.396 e. The number of hydrogen-bond donors (Lipinski definition) is 3. The van der Waals surface area contributed by atoms with E-state index in [9.17, 15) is 0 Å². The van der Waals surface area contributed by atoms with Crippen molar-refractivity contribution in [2.24, 2.45) is 0 Å². The quantitative estimate of drug-likeness (QED) is 0.675. The van der Waals surface area contributed by atoms with Crippen molar-refractivity contribution in [3.05, 3.63) is 24.3 Å². The normalized spacial score (nSPS) is 9.64. The maximum atomic E-state index is 7.80. The van der Waals surface area contributed by atoms with Gasteiger partial charge < -0.3 is 5.11 Å². The molecule has 0 spiro atoms. The first-order chi connectivity index (χ1) is 6.77. The second-order valence-corrected chi connectivity index (χ2v) is 4.62. The standard InChI is InChI=1S/C7H5NS2.C2H6OS/c9-7-8-5-3-1-2-4-6(5)10-7;3-1-2-4/h1-4H,(H,8,9);3-4H,1-2H2. The first kappa shape index (κ1) is 11.8. The Bertz CT molecular complexity index is 353. The molecule has 14 heavy (non-hydrogen) atoms. The van der Waals surface area contributed by atoms with Crippen molar-refractivity contribution < 1.29 is 5.11 Å². The molecule has 0 atom stereocenters. The summed E-state index contributed by atoms with van der Waals surface area (Å²) in [4.78, 5) is 4.20. The van der Waals surface area contributed by atoms with Crippen molar-refractivity contribution in [3.8, 4) is 0 Å². The molecule has 0 aliphatic heterocycles. The van der Waals surface area contributed by atoms with Crippen LogP contribution in [0.3, 0.4) is 0 Å². The number of hydrogen-bond acceptors (Lipinski definition) is 5. The van der Waals surface area contributed by atoms with Gasteiger partial charge in [-0.25, -0.2) is 4.98 Å². The molecule has 2 rings (SSSR count). The first-order valence-corrected chi connectivity index (χ1v) is 5.94. The molecule has 2 aromatic rings. The lowest BCUT2D eigenvalue weighted by molar-refractivity contribution is 0.323. The van der Waals surface area contributed by atoms with E-state index in [1.54, 1.807) is 11.3 Å². The highest BCUT2D eigenvalue weighted by Gasteiger charge is 1.96. The number of nitrogens with zero attached hydrogens (tertiary/aromatic N) is 1. The molecule has 0 fully saturated rings. The summed E-state index contributed by atoms with van der Waals surface area (Å²) in [6, 6.07) is 8.03. The van der Waals surface area contributed by atoms with E-state index in [0.29, 0.717) is 5.75 Å². The molecule has 1 N–H and O–H groups in total. The maximum absolute atomic E-state index is 7.80. The lowest BCUT2D eigenvalue weighted by Gasteiger charge is -1.80. The van der Waals surface area contributed by atoms with Crippen molar-refractivity contribution in [1.29, 1.82) is 0 Å². The molecule has 0 radical (unpaired) electrons. The van der Waals surface area contributed by atoms with E-state index in [2.05, 4.69) is 30.2 Å². The largest absolute Gasteiger partial charge is 0.396 e. The molecule has 0 aliphatic rings. The predicted octanol–water partition coefficient (Wildman–Crippen LogP) is 2.49. The zero-order valence-corrected chi connectivity index (χ0v) is 10.0. The van der Waals surface area contributed by atoms with Gasteiger partial charge in [-0.2, -0.15) is 12.6 Å². The molecular formula is C9H11NOS3. The van der Waals surface area contributed by atoms with Gasteiger partial charge >= 0.3 is 0 Å². The average Bonchev–Trinajstić information content (AvgIpc) is 2.58. The summed E-state index contributed by atoms with van der Waals surface area (Å²) in [6.45, 7) is 0.184. The van der Waals surface area contributed by atoms with E-state index < -0.39 is 0 Å². The minimum atomic E-state index is 0.184. The van der Waals surface area contributed by atoms with Crippen LogP contribution in [0.4, 0.5) is 0 Å². The van der Waals surface area contributed by atoms with Gasteiger partial charge in [0.25, 0.3) is 0 Å². The Morgan fingerprint density at radius 2 is 2.00 bits per heavy atom. The molecule has 2 nitrogen and oxygen atoms in total. The summed E-state index contributed by atoms with van der Waals surface area (Å²) in [5, 5.41) is 7.80. The number of aliphatic hydroxyl groups is 1. The number of thiazole rings is 1. The molecule has 1 heterocycles. The van der Waals surface area contributed by atoms with Gasteiger partial charge in [0, 0.05) is 5.75 Å². The Labute approximate surface area is 97.8 Å². The zero-order chi connectivity index (χ0) is 10.4. The summed E-state index contributed by atoms with van der Waals surface area (Å²) in [5.41, 5.74) is 1.04. The second kappa shape index (κ2) is 6.29. The summed E-state index contributed by atoms with van der Waals surface area (Å²) < 4.78 is 2.04. The van der Waals surface area contributed by atoms with Crippen LogP contribution in [0.25, 0.3) is 10.2 Å². The molecular weight excluding hydrogens is 234 g/mol. The van der Waals surface area contributed by atoms with E-state index in [0.717, 1.165) is 9.86 Å². The van der Waals surface area contributed by atoms with Crippen molar-refractivity contribution in [3.63, 3.8) is 0 Å². The highest BCUT2D eigenvalue weighted by molar-refractivity contribution is 7.83. The minimum absolute atomic E-state index is 0.184. The van der Waals surface area contributed by atoms with E-state index in [1.807, 2.05) is 24.3 Å². The van der Waals surface area contributed by atoms with E-state index in [1.165, 1.54) is 4.70 Å². The van der Waals surface area contributed by atoms with Gasteiger partial charge in [-0.05, 0) is 12.1 Å². The van der Waals surface area contributed by atoms with Gasteiger partial charge in [0.2, 0.25) is 0 Å². The SMILES string of the molecule is OCCS.Sc1nc2ccccc2s1. The average molecular weight is 245 g/mol. The monoisotopic (exact) mass is 245 g/mol. The highest BCUT2D eigenvalue weighted by Crippen LogP contribution is 2.23. The molecule has 0 saturated carbocycles. The van der Waals surface area contributed by atoms with Crippen molar-refractivity contribution in [1.82, 2.24) is 4.98 Å². The number of benzene rings is 1. The van der Waals surface area contributed by atoms with Crippen LogP contribution in [-0.4, -0.2) is 22.5 Å². The molecule has 5 heteroatoms. The zero-order valence-electron chi connectivity index (χ0n) is 7.42. The van der Waals surface area contributed by atoms with E-state index in [4.69, 9.17) is 5.11 Å². The summed E-state index contributed by atoms with van der Waals surface area (Å²) >= 11 is 9.43. The van der Waals surface area contributed by atoms with Crippen molar-refractivity contribution >= 4 is 46.8 Å². The molecule has 0 unspecified atom stereocenters. The van der Waals surface area contributed by atoms with Gasteiger partial charge in [-0.15, -0.1) is 24.0 Å². The third kappa shape index (κ3) is 3.49. The summed E-state index contributed by atoms with van der Waals surface area (Å²) in [6.07, 6.45) is 0. The Balaban J connectivity index is 0.000000213. The number of aromatic nitrogens is 1. The number of rotatable bonds is 1. The Kier molecular flexibility index (Phi) is 5.32. The first-order valence-electron chi connectivity index (χ1n) is 4.04. The Morgan fingerprint density at radius 1 is 1.36 bits per heavy atom. The number of aliphatic hydroxyl groups excluding tert-OH is 1. The van der Waals surface area contributed by atoms with Gasteiger partial charge in [0.05, 0.1) is 16.8 Å². The van der Waals surface area contributed by atoms with Crippen LogP contribution in [0.5, 0.6) is 0 Å². The van der Waals surface area contributed by atoms with Crippen LogP contribution < -0.4 is 0 Å².